The van der Waals surface area contributed by atoms with Crippen LogP contribution in [0.15, 0.2) is 42.6 Å². The highest BCUT2D eigenvalue weighted by Gasteiger charge is 2.28. The molecule has 5 heteroatoms. The number of aryl methyl sites for hydroxylation is 1. The zero-order chi connectivity index (χ0) is 20.5. The van der Waals surface area contributed by atoms with E-state index in [1.54, 1.807) is 0 Å². The fraction of sp³-hybridized carbons (Fsp3) is 0.458. The van der Waals surface area contributed by atoms with Gasteiger partial charge in [0.1, 0.15) is 0 Å². The average Bonchev–Trinajstić information content (AvgIpc) is 3.16. The highest BCUT2D eigenvalue weighted by molar-refractivity contribution is 5.98. The summed E-state index contributed by atoms with van der Waals surface area (Å²) in [6.07, 6.45) is 6.15. The van der Waals surface area contributed by atoms with E-state index in [4.69, 9.17) is 4.98 Å². The Kier molecular flexibility index (Phi) is 5.39. The molecule has 5 nitrogen and oxygen atoms in total. The van der Waals surface area contributed by atoms with Crippen LogP contribution >= 0.6 is 0 Å². The average molecular weight is 391 g/mol. The summed E-state index contributed by atoms with van der Waals surface area (Å²) in [5.41, 5.74) is 3.73. The minimum atomic E-state index is 0.0670. The van der Waals surface area contributed by atoms with Crippen LogP contribution in [0, 0.1) is 6.92 Å². The molecular formula is C24H30N4O. The molecule has 1 aromatic carbocycles. The molecule has 29 heavy (non-hydrogen) atoms. The highest BCUT2D eigenvalue weighted by Crippen LogP contribution is 2.35. The number of hydrogen-bond acceptors (Lipinski definition) is 3. The lowest BCUT2D eigenvalue weighted by molar-refractivity contribution is 0.0688. The standard InChI is InChI=1S/C24H30N4O/c1-16(2)28-23-20(15-25-28)14-22(17(3)26-23)24(29)27(4)21-12-10-19(11-13-21)18-8-6-5-7-9-18/h5-9,14-16,19,21H,10-13H2,1-4H3. The van der Waals surface area contributed by atoms with Gasteiger partial charge in [-0.1, -0.05) is 30.3 Å². The van der Waals surface area contributed by atoms with Gasteiger partial charge in [0, 0.05) is 24.5 Å². The molecule has 1 aliphatic carbocycles. The van der Waals surface area contributed by atoms with Crippen molar-refractivity contribution in [2.45, 2.75) is 64.5 Å². The first kappa shape index (κ1) is 19.6. The molecule has 1 saturated carbocycles. The fourth-order valence-corrected chi connectivity index (χ4v) is 4.54. The third-order valence-electron chi connectivity index (χ3n) is 6.31. The van der Waals surface area contributed by atoms with E-state index in [-0.39, 0.29) is 18.0 Å². The van der Waals surface area contributed by atoms with Crippen molar-refractivity contribution >= 4 is 16.9 Å². The van der Waals surface area contributed by atoms with Crippen LogP contribution in [-0.4, -0.2) is 38.7 Å². The van der Waals surface area contributed by atoms with Crippen LogP contribution in [0.2, 0.25) is 0 Å². The molecule has 0 atom stereocenters. The van der Waals surface area contributed by atoms with Crippen molar-refractivity contribution in [1.29, 1.82) is 0 Å². The van der Waals surface area contributed by atoms with Gasteiger partial charge in [-0.3, -0.25) is 4.79 Å². The minimum Gasteiger partial charge on any atom is -0.339 e. The van der Waals surface area contributed by atoms with Crippen molar-refractivity contribution in [3.8, 4) is 0 Å². The summed E-state index contributed by atoms with van der Waals surface area (Å²) < 4.78 is 1.91. The quantitative estimate of drug-likeness (QED) is 0.621. The van der Waals surface area contributed by atoms with E-state index in [0.29, 0.717) is 11.5 Å². The molecule has 1 aliphatic rings. The molecule has 0 radical (unpaired) electrons. The van der Waals surface area contributed by atoms with Crippen LogP contribution in [0.4, 0.5) is 0 Å². The molecule has 0 bridgehead atoms. The number of carbonyl (C=O) groups is 1. The Balaban J connectivity index is 1.49. The van der Waals surface area contributed by atoms with Crippen LogP contribution in [0.3, 0.4) is 0 Å². The first-order chi connectivity index (χ1) is 14.0. The van der Waals surface area contributed by atoms with Crippen LogP contribution in [0.5, 0.6) is 0 Å². The second kappa shape index (κ2) is 7.97. The van der Waals surface area contributed by atoms with Crippen LogP contribution in [-0.2, 0) is 0 Å². The van der Waals surface area contributed by atoms with Gasteiger partial charge in [-0.25, -0.2) is 9.67 Å². The molecule has 4 rings (SSSR count). The van der Waals surface area contributed by atoms with Crippen LogP contribution < -0.4 is 0 Å². The van der Waals surface area contributed by atoms with Crippen LogP contribution in [0.25, 0.3) is 11.0 Å². The summed E-state index contributed by atoms with van der Waals surface area (Å²) in [7, 11) is 1.94. The molecule has 0 N–H and O–H groups in total. The summed E-state index contributed by atoms with van der Waals surface area (Å²) in [5, 5.41) is 5.36. The number of hydrogen-bond donors (Lipinski definition) is 0. The van der Waals surface area contributed by atoms with E-state index in [2.05, 4.69) is 49.3 Å². The Bertz CT molecular complexity index is 1000. The van der Waals surface area contributed by atoms with Crippen molar-refractivity contribution in [3.63, 3.8) is 0 Å². The van der Waals surface area contributed by atoms with E-state index in [9.17, 15) is 4.79 Å². The summed E-state index contributed by atoms with van der Waals surface area (Å²) >= 11 is 0. The van der Waals surface area contributed by atoms with Crippen molar-refractivity contribution in [2.24, 2.45) is 0 Å². The molecule has 3 aromatic rings. The number of nitrogens with zero attached hydrogens (tertiary/aromatic N) is 4. The maximum absolute atomic E-state index is 13.3. The molecule has 0 saturated heterocycles. The normalized spacial score (nSPS) is 19.6. The van der Waals surface area contributed by atoms with E-state index in [0.717, 1.165) is 42.4 Å². The summed E-state index contributed by atoms with van der Waals surface area (Å²) in [6, 6.07) is 13.2. The summed E-state index contributed by atoms with van der Waals surface area (Å²) in [6.45, 7) is 6.09. The molecule has 2 heterocycles. The van der Waals surface area contributed by atoms with Gasteiger partial charge in [0.15, 0.2) is 5.65 Å². The zero-order valence-corrected chi connectivity index (χ0v) is 17.8. The molecule has 1 fully saturated rings. The molecule has 0 unspecified atom stereocenters. The second-order valence-corrected chi connectivity index (χ2v) is 8.55. The SMILES string of the molecule is Cc1nc2c(cnn2C(C)C)cc1C(=O)N(C)C1CCC(c2ccccc2)CC1. The van der Waals surface area contributed by atoms with E-state index in [1.165, 1.54) is 5.56 Å². The topological polar surface area (TPSA) is 51.0 Å². The molecular weight excluding hydrogens is 360 g/mol. The Morgan fingerprint density at radius 1 is 1.14 bits per heavy atom. The van der Waals surface area contributed by atoms with E-state index >= 15 is 0 Å². The molecule has 0 spiro atoms. The highest BCUT2D eigenvalue weighted by atomic mass is 16.2. The third kappa shape index (κ3) is 3.78. The predicted octanol–water partition coefficient (Wildman–Crippen LogP) is 5.12. The van der Waals surface area contributed by atoms with Gasteiger partial charge >= 0.3 is 0 Å². The second-order valence-electron chi connectivity index (χ2n) is 8.55. The maximum Gasteiger partial charge on any atom is 0.255 e. The summed E-state index contributed by atoms with van der Waals surface area (Å²) in [4.78, 5) is 19.9. The third-order valence-corrected chi connectivity index (χ3v) is 6.31. The largest absolute Gasteiger partial charge is 0.339 e. The Labute approximate surface area is 172 Å². The number of amides is 1. The minimum absolute atomic E-state index is 0.0670. The van der Waals surface area contributed by atoms with Gasteiger partial charge in [-0.15, -0.1) is 0 Å². The monoisotopic (exact) mass is 390 g/mol. The number of pyridine rings is 1. The van der Waals surface area contributed by atoms with Crippen molar-refractivity contribution < 1.29 is 4.79 Å². The van der Waals surface area contributed by atoms with Crippen molar-refractivity contribution in [3.05, 3.63) is 59.4 Å². The maximum atomic E-state index is 13.3. The Morgan fingerprint density at radius 2 is 1.83 bits per heavy atom. The van der Waals surface area contributed by atoms with Gasteiger partial charge in [-0.2, -0.15) is 5.10 Å². The van der Waals surface area contributed by atoms with Gasteiger partial charge in [0.2, 0.25) is 0 Å². The number of fused-ring (bicyclic) bond motifs is 1. The van der Waals surface area contributed by atoms with E-state index in [1.807, 2.05) is 35.8 Å². The molecule has 0 aliphatic heterocycles. The first-order valence-corrected chi connectivity index (χ1v) is 10.6. The van der Waals surface area contributed by atoms with Crippen molar-refractivity contribution in [1.82, 2.24) is 19.7 Å². The van der Waals surface area contributed by atoms with Gasteiger partial charge in [0.25, 0.3) is 5.91 Å². The first-order valence-electron chi connectivity index (χ1n) is 10.6. The van der Waals surface area contributed by atoms with E-state index < -0.39 is 0 Å². The Morgan fingerprint density at radius 3 is 2.48 bits per heavy atom. The molecule has 2 aromatic heterocycles. The smallest absolute Gasteiger partial charge is 0.255 e. The molecule has 1 amide bonds. The molecule has 152 valence electrons. The number of rotatable bonds is 4. The zero-order valence-electron chi connectivity index (χ0n) is 17.8. The van der Waals surface area contributed by atoms with Crippen LogP contribution in [0.1, 0.15) is 73.1 Å². The van der Waals surface area contributed by atoms with Gasteiger partial charge < -0.3 is 4.90 Å². The predicted molar refractivity (Wildman–Crippen MR) is 116 cm³/mol. The fourth-order valence-electron chi connectivity index (χ4n) is 4.54. The number of aromatic nitrogens is 3. The summed E-state index contributed by atoms with van der Waals surface area (Å²) in [5.74, 6) is 0.676. The number of benzene rings is 1. The van der Waals surface area contributed by atoms with Gasteiger partial charge in [0.05, 0.1) is 17.5 Å². The lowest BCUT2D eigenvalue weighted by Crippen LogP contribution is -2.39. The lowest BCUT2D eigenvalue weighted by atomic mass is 9.81. The lowest BCUT2D eigenvalue weighted by Gasteiger charge is -2.35. The van der Waals surface area contributed by atoms with Crippen molar-refractivity contribution in [2.75, 3.05) is 7.05 Å². The Hall–Kier alpha value is -2.69. The van der Waals surface area contributed by atoms with Gasteiger partial charge in [-0.05, 0) is 64.0 Å². The number of carbonyl (C=O) groups excluding carboxylic acids is 1.